The monoisotopic (exact) mass is 157 g/mol. The summed E-state index contributed by atoms with van der Waals surface area (Å²) >= 11 is 0. The molecule has 0 aromatic rings. The Balaban J connectivity index is 2.24. The molecule has 1 aliphatic carbocycles. The van der Waals surface area contributed by atoms with E-state index in [-0.39, 0.29) is 12.3 Å². The summed E-state index contributed by atoms with van der Waals surface area (Å²) in [5.41, 5.74) is -0.962. The zero-order valence-electron chi connectivity index (χ0n) is 6.08. The summed E-state index contributed by atoms with van der Waals surface area (Å²) in [7, 11) is 0. The van der Waals surface area contributed by atoms with E-state index in [4.69, 9.17) is 0 Å². The van der Waals surface area contributed by atoms with E-state index in [2.05, 4.69) is 5.32 Å². The SMILES string of the molecule is O=C1C[C@@]2(O)CC[C@H](O)[C@H]2N1. The Kier molecular flexibility index (Phi) is 1.25. The molecule has 2 aliphatic rings. The quantitative estimate of drug-likeness (QED) is 0.412. The van der Waals surface area contributed by atoms with Crippen LogP contribution in [0.3, 0.4) is 0 Å². The summed E-state index contributed by atoms with van der Waals surface area (Å²) in [5, 5.41) is 21.6. The number of aliphatic hydroxyl groups excluding tert-OH is 1. The van der Waals surface area contributed by atoms with Gasteiger partial charge in [0.2, 0.25) is 5.91 Å². The van der Waals surface area contributed by atoms with Gasteiger partial charge in [-0.15, -0.1) is 0 Å². The summed E-state index contributed by atoms with van der Waals surface area (Å²) < 4.78 is 0. The third-order valence-corrected chi connectivity index (χ3v) is 2.62. The highest BCUT2D eigenvalue weighted by Crippen LogP contribution is 2.36. The lowest BCUT2D eigenvalue weighted by atomic mass is 9.98. The molecule has 62 valence electrons. The smallest absolute Gasteiger partial charge is 0.223 e. The van der Waals surface area contributed by atoms with Crippen LogP contribution in [0.4, 0.5) is 0 Å². The van der Waals surface area contributed by atoms with E-state index in [1.54, 1.807) is 0 Å². The van der Waals surface area contributed by atoms with E-state index in [0.29, 0.717) is 12.8 Å². The van der Waals surface area contributed by atoms with Crippen LogP contribution in [0.25, 0.3) is 0 Å². The Hall–Kier alpha value is -0.610. The zero-order valence-corrected chi connectivity index (χ0v) is 6.08. The second kappa shape index (κ2) is 1.95. The van der Waals surface area contributed by atoms with Gasteiger partial charge in [-0.25, -0.2) is 0 Å². The maximum atomic E-state index is 10.8. The Bertz CT molecular complexity index is 206. The van der Waals surface area contributed by atoms with Crippen LogP contribution in [0, 0.1) is 0 Å². The number of amides is 1. The lowest BCUT2D eigenvalue weighted by Gasteiger charge is -2.20. The number of carbonyl (C=O) groups excluding carboxylic acids is 1. The van der Waals surface area contributed by atoms with Crippen molar-refractivity contribution < 1.29 is 15.0 Å². The number of aliphatic hydroxyl groups is 2. The minimum atomic E-state index is -0.962. The zero-order chi connectivity index (χ0) is 8.06. The molecular weight excluding hydrogens is 146 g/mol. The molecule has 0 radical (unpaired) electrons. The molecule has 11 heavy (non-hydrogen) atoms. The van der Waals surface area contributed by atoms with Gasteiger partial charge in [-0.05, 0) is 12.8 Å². The summed E-state index contributed by atoms with van der Waals surface area (Å²) in [5.74, 6) is -0.156. The average Bonchev–Trinajstić information content (AvgIpc) is 2.32. The van der Waals surface area contributed by atoms with Gasteiger partial charge >= 0.3 is 0 Å². The van der Waals surface area contributed by atoms with Crippen molar-refractivity contribution in [1.29, 1.82) is 0 Å². The molecule has 0 aromatic carbocycles. The van der Waals surface area contributed by atoms with Crippen molar-refractivity contribution in [2.45, 2.75) is 37.0 Å². The number of fused-ring (bicyclic) bond motifs is 1. The second-order valence-corrected chi connectivity index (χ2v) is 3.43. The Morgan fingerprint density at radius 2 is 2.36 bits per heavy atom. The number of nitrogens with one attached hydrogen (secondary N) is 1. The third-order valence-electron chi connectivity index (χ3n) is 2.62. The molecule has 3 atom stereocenters. The summed E-state index contributed by atoms with van der Waals surface area (Å²) in [6.45, 7) is 0. The Labute approximate surface area is 64.2 Å². The van der Waals surface area contributed by atoms with E-state index in [1.807, 2.05) is 0 Å². The highest BCUT2D eigenvalue weighted by molar-refractivity contribution is 5.81. The topological polar surface area (TPSA) is 69.6 Å². The molecule has 4 nitrogen and oxygen atoms in total. The minimum Gasteiger partial charge on any atom is -0.391 e. The van der Waals surface area contributed by atoms with Gasteiger partial charge in [0, 0.05) is 0 Å². The molecule has 0 spiro atoms. The second-order valence-electron chi connectivity index (χ2n) is 3.43. The first-order chi connectivity index (χ1) is 5.12. The van der Waals surface area contributed by atoms with Crippen LogP contribution in [0.1, 0.15) is 19.3 Å². The fraction of sp³-hybridized carbons (Fsp3) is 0.857. The van der Waals surface area contributed by atoms with Gasteiger partial charge in [-0.1, -0.05) is 0 Å². The average molecular weight is 157 g/mol. The first kappa shape index (κ1) is 7.06. The largest absolute Gasteiger partial charge is 0.391 e. The molecule has 1 heterocycles. The van der Waals surface area contributed by atoms with E-state index in [1.165, 1.54) is 0 Å². The summed E-state index contributed by atoms with van der Waals surface area (Å²) in [4.78, 5) is 10.8. The normalized spacial score (nSPS) is 49.1. The molecule has 0 bridgehead atoms. The van der Waals surface area contributed by atoms with Gasteiger partial charge in [0.05, 0.1) is 24.2 Å². The number of hydrogen-bond acceptors (Lipinski definition) is 3. The Morgan fingerprint density at radius 1 is 1.64 bits per heavy atom. The first-order valence-electron chi connectivity index (χ1n) is 3.82. The van der Waals surface area contributed by atoms with Crippen molar-refractivity contribution in [2.24, 2.45) is 0 Å². The van der Waals surface area contributed by atoms with Crippen molar-refractivity contribution in [2.75, 3.05) is 0 Å². The van der Waals surface area contributed by atoms with Gasteiger partial charge in [-0.3, -0.25) is 4.79 Å². The van der Waals surface area contributed by atoms with Crippen LogP contribution in [0.5, 0.6) is 0 Å². The number of rotatable bonds is 0. The van der Waals surface area contributed by atoms with Gasteiger partial charge in [0.15, 0.2) is 0 Å². The lowest BCUT2D eigenvalue weighted by Crippen LogP contribution is -2.43. The fourth-order valence-electron chi connectivity index (χ4n) is 2.01. The number of carbonyl (C=O) groups is 1. The van der Waals surface area contributed by atoms with Crippen LogP contribution in [-0.2, 0) is 4.79 Å². The summed E-state index contributed by atoms with van der Waals surface area (Å²) in [6.07, 6.45) is 0.694. The maximum absolute atomic E-state index is 10.8. The molecule has 4 heteroatoms. The molecule has 1 saturated heterocycles. The minimum absolute atomic E-state index is 0.148. The molecule has 2 fully saturated rings. The molecule has 0 aromatic heterocycles. The molecule has 0 unspecified atom stereocenters. The third kappa shape index (κ3) is 0.862. The van der Waals surface area contributed by atoms with Gasteiger partial charge in [0.1, 0.15) is 0 Å². The fourth-order valence-corrected chi connectivity index (χ4v) is 2.01. The number of hydrogen-bond donors (Lipinski definition) is 3. The van der Waals surface area contributed by atoms with Crippen LogP contribution >= 0.6 is 0 Å². The van der Waals surface area contributed by atoms with Gasteiger partial charge < -0.3 is 15.5 Å². The van der Waals surface area contributed by atoms with E-state index < -0.39 is 17.7 Å². The molecule has 1 saturated carbocycles. The molecule has 1 amide bonds. The molecule has 3 N–H and O–H groups in total. The van der Waals surface area contributed by atoms with Crippen LogP contribution in [0.15, 0.2) is 0 Å². The molecule has 1 aliphatic heterocycles. The van der Waals surface area contributed by atoms with Crippen LogP contribution in [0.2, 0.25) is 0 Å². The maximum Gasteiger partial charge on any atom is 0.223 e. The van der Waals surface area contributed by atoms with Crippen molar-refractivity contribution in [3.8, 4) is 0 Å². The van der Waals surface area contributed by atoms with Gasteiger partial charge in [-0.2, -0.15) is 0 Å². The highest BCUT2D eigenvalue weighted by atomic mass is 16.3. The van der Waals surface area contributed by atoms with Gasteiger partial charge in [0.25, 0.3) is 0 Å². The van der Waals surface area contributed by atoms with Crippen molar-refractivity contribution in [3.05, 3.63) is 0 Å². The lowest BCUT2D eigenvalue weighted by molar-refractivity contribution is -0.120. The first-order valence-corrected chi connectivity index (χ1v) is 3.82. The van der Waals surface area contributed by atoms with Crippen LogP contribution < -0.4 is 5.32 Å². The van der Waals surface area contributed by atoms with Crippen molar-refractivity contribution in [1.82, 2.24) is 5.32 Å². The van der Waals surface area contributed by atoms with Crippen molar-refractivity contribution in [3.63, 3.8) is 0 Å². The molecule has 2 rings (SSSR count). The van der Waals surface area contributed by atoms with Crippen LogP contribution in [-0.4, -0.2) is 33.9 Å². The van der Waals surface area contributed by atoms with E-state index in [0.717, 1.165) is 0 Å². The van der Waals surface area contributed by atoms with E-state index >= 15 is 0 Å². The predicted molar refractivity (Wildman–Crippen MR) is 36.7 cm³/mol. The van der Waals surface area contributed by atoms with E-state index in [9.17, 15) is 15.0 Å². The Morgan fingerprint density at radius 3 is 3.00 bits per heavy atom. The summed E-state index contributed by atoms with van der Waals surface area (Å²) in [6, 6.07) is -0.421. The molecular formula is C7H11NO3. The predicted octanol–water partition coefficient (Wildman–Crippen LogP) is -1.24. The standard InChI is InChI=1S/C7H11NO3/c9-4-1-2-7(11)3-5(10)8-6(4)7/h4,6,9,11H,1-3H2,(H,8,10)/t4-,6+,7-/m0/s1. The highest BCUT2D eigenvalue weighted by Gasteiger charge is 2.53. The van der Waals surface area contributed by atoms with Crippen molar-refractivity contribution >= 4 is 5.91 Å².